The molecule has 3 rings (SSSR count). The van der Waals surface area contributed by atoms with Gasteiger partial charge in [0.15, 0.2) is 0 Å². The molecule has 1 aromatic heterocycles. The summed E-state index contributed by atoms with van der Waals surface area (Å²) in [7, 11) is 0. The van der Waals surface area contributed by atoms with Crippen molar-refractivity contribution in [2.75, 3.05) is 0 Å². The van der Waals surface area contributed by atoms with Crippen molar-refractivity contribution < 1.29 is 9.74 Å². The maximum Gasteiger partial charge on any atom is 0.135 e. The first kappa shape index (κ1) is 12.6. The molecular weight excluding hydrogens is 242 g/mol. The van der Waals surface area contributed by atoms with Crippen LogP contribution in [0.15, 0.2) is 22.8 Å². The predicted octanol–water partition coefficient (Wildman–Crippen LogP) is 2.38. The Kier molecular flexibility index (Phi) is 3.48. The Morgan fingerprint density at radius 2 is 2.05 bits per heavy atom. The number of nitrogens with one attached hydrogen (secondary N) is 1. The molecule has 1 aliphatic carbocycles. The number of nitrogens with zero attached hydrogens (tertiary/aromatic N) is 2. The fourth-order valence-corrected chi connectivity index (χ4v) is 2.83. The van der Waals surface area contributed by atoms with E-state index in [1.54, 1.807) is 0 Å². The molecule has 0 bridgehead atoms. The molecule has 1 saturated carbocycles. The van der Waals surface area contributed by atoms with Gasteiger partial charge < -0.3 is 5.11 Å². The fourth-order valence-electron chi connectivity index (χ4n) is 2.83. The number of aliphatic hydroxyl groups excluding tert-OH is 1. The van der Waals surface area contributed by atoms with Gasteiger partial charge >= 0.3 is 0 Å². The van der Waals surface area contributed by atoms with E-state index in [0.717, 1.165) is 12.0 Å². The normalized spacial score (nSPS) is 25.6. The van der Waals surface area contributed by atoms with Crippen molar-refractivity contribution >= 4 is 11.0 Å². The van der Waals surface area contributed by atoms with Crippen LogP contribution in [0.2, 0.25) is 0 Å². The Morgan fingerprint density at radius 1 is 1.26 bits per heavy atom. The Balaban J connectivity index is 1.73. The molecule has 19 heavy (non-hydrogen) atoms. The summed E-state index contributed by atoms with van der Waals surface area (Å²) in [6.07, 6.45) is 4.24. The van der Waals surface area contributed by atoms with Crippen LogP contribution in [0.4, 0.5) is 0 Å². The molecule has 0 amide bonds. The summed E-state index contributed by atoms with van der Waals surface area (Å²) in [6, 6.07) is 5.88. The molecular formula is C14H19N3O2. The highest BCUT2D eigenvalue weighted by molar-refractivity contribution is 5.73. The third-order valence-corrected chi connectivity index (χ3v) is 4.08. The van der Waals surface area contributed by atoms with Crippen LogP contribution >= 0.6 is 0 Å². The molecule has 1 aromatic carbocycles. The van der Waals surface area contributed by atoms with Gasteiger partial charge in [0, 0.05) is 6.04 Å². The third-order valence-electron chi connectivity index (χ3n) is 4.08. The lowest BCUT2D eigenvalue weighted by Crippen LogP contribution is -2.39. The summed E-state index contributed by atoms with van der Waals surface area (Å²) >= 11 is 0. The van der Waals surface area contributed by atoms with Crippen molar-refractivity contribution in [3.8, 4) is 0 Å². The number of hydrogen-bond donors (Lipinski definition) is 2. The van der Waals surface area contributed by atoms with E-state index in [1.165, 1.54) is 19.3 Å². The zero-order valence-corrected chi connectivity index (χ0v) is 11.0. The molecule has 1 aliphatic rings. The van der Waals surface area contributed by atoms with Crippen LogP contribution in [0.25, 0.3) is 11.0 Å². The van der Waals surface area contributed by atoms with Gasteiger partial charge in [-0.3, -0.25) is 5.32 Å². The third kappa shape index (κ3) is 2.62. The van der Waals surface area contributed by atoms with Gasteiger partial charge in [0.05, 0.1) is 0 Å². The SMILES string of the molecule is CC1CCCCC1NC(O)c1ccc2nonc2c1. The number of benzene rings is 1. The number of hydrogen-bond acceptors (Lipinski definition) is 5. The number of aromatic nitrogens is 2. The average Bonchev–Trinajstić information content (AvgIpc) is 2.88. The number of rotatable bonds is 3. The topological polar surface area (TPSA) is 71.2 Å². The highest BCUT2D eigenvalue weighted by Crippen LogP contribution is 2.26. The Hall–Kier alpha value is -1.46. The molecule has 2 aromatic rings. The predicted molar refractivity (Wildman–Crippen MR) is 71.3 cm³/mol. The van der Waals surface area contributed by atoms with Gasteiger partial charge in [0.25, 0.3) is 0 Å². The van der Waals surface area contributed by atoms with Crippen molar-refractivity contribution in [2.24, 2.45) is 5.92 Å². The summed E-state index contributed by atoms with van der Waals surface area (Å²) < 4.78 is 4.66. The van der Waals surface area contributed by atoms with Gasteiger partial charge in [-0.2, -0.15) is 0 Å². The summed E-state index contributed by atoms with van der Waals surface area (Å²) in [6.45, 7) is 2.24. The monoisotopic (exact) mass is 261 g/mol. The van der Waals surface area contributed by atoms with E-state index in [1.807, 2.05) is 18.2 Å². The van der Waals surface area contributed by atoms with Gasteiger partial charge in [-0.05, 0) is 46.8 Å². The van der Waals surface area contributed by atoms with Gasteiger partial charge in [-0.25, -0.2) is 4.63 Å². The lowest BCUT2D eigenvalue weighted by molar-refractivity contribution is 0.0993. The minimum atomic E-state index is -0.661. The molecule has 1 heterocycles. The van der Waals surface area contributed by atoms with Gasteiger partial charge in [0.1, 0.15) is 17.3 Å². The largest absolute Gasteiger partial charge is 0.374 e. The van der Waals surface area contributed by atoms with Crippen molar-refractivity contribution in [3.63, 3.8) is 0 Å². The van der Waals surface area contributed by atoms with E-state index in [9.17, 15) is 5.11 Å². The molecule has 0 radical (unpaired) electrons. The Morgan fingerprint density at radius 3 is 2.89 bits per heavy atom. The second-order valence-electron chi connectivity index (χ2n) is 5.45. The van der Waals surface area contributed by atoms with Crippen LogP contribution in [-0.4, -0.2) is 21.5 Å². The van der Waals surface area contributed by atoms with Crippen molar-refractivity contribution in [3.05, 3.63) is 23.8 Å². The molecule has 5 nitrogen and oxygen atoms in total. The molecule has 2 N–H and O–H groups in total. The minimum absolute atomic E-state index is 0.384. The summed E-state index contributed by atoms with van der Waals surface area (Å²) in [5.74, 6) is 0.612. The zero-order chi connectivity index (χ0) is 13.2. The van der Waals surface area contributed by atoms with Gasteiger partial charge in [0.2, 0.25) is 0 Å². The molecule has 1 fully saturated rings. The molecule has 0 saturated heterocycles. The highest BCUT2D eigenvalue weighted by atomic mass is 16.6. The molecule has 0 spiro atoms. The summed E-state index contributed by atoms with van der Waals surface area (Å²) in [4.78, 5) is 0. The zero-order valence-electron chi connectivity index (χ0n) is 11.0. The lowest BCUT2D eigenvalue weighted by Gasteiger charge is -2.31. The quantitative estimate of drug-likeness (QED) is 0.830. The molecule has 102 valence electrons. The molecule has 0 aliphatic heterocycles. The van der Waals surface area contributed by atoms with E-state index >= 15 is 0 Å². The van der Waals surface area contributed by atoms with Crippen molar-refractivity contribution in [2.45, 2.75) is 44.9 Å². The van der Waals surface area contributed by atoms with Crippen LogP contribution in [-0.2, 0) is 0 Å². The minimum Gasteiger partial charge on any atom is -0.374 e. The maximum atomic E-state index is 10.3. The maximum absolute atomic E-state index is 10.3. The Bertz CT molecular complexity index is 554. The van der Waals surface area contributed by atoms with E-state index < -0.39 is 6.23 Å². The van der Waals surface area contributed by atoms with E-state index in [4.69, 9.17) is 0 Å². The van der Waals surface area contributed by atoms with Crippen molar-refractivity contribution in [1.82, 2.24) is 15.6 Å². The van der Waals surface area contributed by atoms with Gasteiger partial charge in [-0.1, -0.05) is 25.8 Å². The molecule has 3 unspecified atom stereocenters. The summed E-state index contributed by atoms with van der Waals surface area (Å²) in [5, 5.41) is 21.2. The second-order valence-corrected chi connectivity index (χ2v) is 5.45. The van der Waals surface area contributed by atoms with Crippen molar-refractivity contribution in [1.29, 1.82) is 0 Å². The van der Waals surface area contributed by atoms with Crippen LogP contribution in [0.5, 0.6) is 0 Å². The summed E-state index contributed by atoms with van der Waals surface area (Å²) in [5.41, 5.74) is 2.19. The van der Waals surface area contributed by atoms with Crippen LogP contribution < -0.4 is 5.32 Å². The standard InChI is InChI=1S/C14H19N3O2/c1-9-4-2-3-5-11(9)15-14(18)10-6-7-12-13(8-10)17-19-16-12/h6-9,11,14-15,18H,2-5H2,1H3. The molecule has 3 atom stereocenters. The Labute approximate surface area is 112 Å². The van der Waals surface area contributed by atoms with Crippen LogP contribution in [0.3, 0.4) is 0 Å². The molecule has 5 heteroatoms. The first-order valence-corrected chi connectivity index (χ1v) is 6.90. The fraction of sp³-hybridized carbons (Fsp3) is 0.571. The van der Waals surface area contributed by atoms with E-state index in [2.05, 4.69) is 27.2 Å². The first-order chi connectivity index (χ1) is 9.24. The highest BCUT2D eigenvalue weighted by Gasteiger charge is 2.23. The van der Waals surface area contributed by atoms with Crippen LogP contribution in [0.1, 0.15) is 44.4 Å². The number of fused-ring (bicyclic) bond motifs is 1. The van der Waals surface area contributed by atoms with Gasteiger partial charge in [-0.15, -0.1) is 0 Å². The second kappa shape index (κ2) is 5.27. The van der Waals surface area contributed by atoms with E-state index in [0.29, 0.717) is 23.0 Å². The van der Waals surface area contributed by atoms with E-state index in [-0.39, 0.29) is 0 Å². The van der Waals surface area contributed by atoms with Crippen LogP contribution in [0, 0.1) is 5.92 Å². The number of aliphatic hydroxyl groups is 1. The first-order valence-electron chi connectivity index (χ1n) is 6.90. The smallest absolute Gasteiger partial charge is 0.135 e. The lowest BCUT2D eigenvalue weighted by atomic mass is 9.86. The average molecular weight is 261 g/mol.